The van der Waals surface area contributed by atoms with Gasteiger partial charge in [-0.05, 0) is 0 Å². The second kappa shape index (κ2) is 4.94. The Morgan fingerprint density at radius 2 is 1.58 bits per heavy atom. The van der Waals surface area contributed by atoms with Crippen molar-refractivity contribution in [2.24, 2.45) is 11.5 Å². The van der Waals surface area contributed by atoms with Crippen molar-refractivity contribution in [2.45, 2.75) is 0 Å². The number of carbonyl (C=O) groups is 3. The molecule has 0 saturated carbocycles. The first-order valence-corrected chi connectivity index (χ1v) is 3.10. The molecular formula is C5H10N4O3. The first-order valence-electron chi connectivity index (χ1n) is 3.10. The molecule has 0 saturated heterocycles. The number of hydrogen-bond acceptors (Lipinski definition) is 3. The van der Waals surface area contributed by atoms with Crippen molar-refractivity contribution in [1.82, 2.24) is 10.6 Å². The first kappa shape index (κ1) is 10.2. The third-order valence-electron chi connectivity index (χ3n) is 0.883. The van der Waals surface area contributed by atoms with E-state index in [1.807, 2.05) is 5.32 Å². The summed E-state index contributed by atoms with van der Waals surface area (Å²) in [5.41, 5.74) is 9.41. The second-order valence-corrected chi connectivity index (χ2v) is 1.96. The van der Waals surface area contributed by atoms with Gasteiger partial charge in [0.25, 0.3) is 0 Å². The predicted octanol–water partition coefficient (Wildman–Crippen LogP) is -2.74. The summed E-state index contributed by atoms with van der Waals surface area (Å²) in [7, 11) is 0. The molecule has 0 aliphatic heterocycles. The number of nitrogens with one attached hydrogen (secondary N) is 2. The van der Waals surface area contributed by atoms with Crippen LogP contribution < -0.4 is 22.1 Å². The minimum absolute atomic E-state index is 0.251. The predicted molar refractivity (Wildman–Crippen MR) is 39.8 cm³/mol. The number of carbonyl (C=O) groups excluding carboxylic acids is 3. The maximum Gasteiger partial charge on any atom is 0.312 e. The van der Waals surface area contributed by atoms with Crippen molar-refractivity contribution in [3.63, 3.8) is 0 Å². The van der Waals surface area contributed by atoms with Crippen LogP contribution in [0, 0.1) is 0 Å². The van der Waals surface area contributed by atoms with Gasteiger partial charge in [0.1, 0.15) is 0 Å². The molecule has 0 aromatic carbocycles. The lowest BCUT2D eigenvalue weighted by molar-refractivity contribution is -0.124. The smallest absolute Gasteiger partial charge is 0.312 e. The van der Waals surface area contributed by atoms with Crippen LogP contribution in [0.4, 0.5) is 4.79 Å². The average molecular weight is 174 g/mol. The lowest BCUT2D eigenvalue weighted by Gasteiger charge is -2.01. The van der Waals surface area contributed by atoms with Crippen LogP contribution >= 0.6 is 0 Å². The first-order chi connectivity index (χ1) is 5.52. The zero-order valence-electron chi connectivity index (χ0n) is 6.29. The van der Waals surface area contributed by atoms with Gasteiger partial charge in [-0.25, -0.2) is 4.79 Å². The van der Waals surface area contributed by atoms with Crippen molar-refractivity contribution in [3.8, 4) is 0 Å². The fourth-order valence-corrected chi connectivity index (χ4v) is 0.416. The zero-order chi connectivity index (χ0) is 9.56. The minimum atomic E-state index is -0.802. The Hall–Kier alpha value is -1.79. The maximum atomic E-state index is 10.7. The Labute approximate surface area is 68.5 Å². The standard InChI is InChI=1S/C5H10N4O3/c6-3(10)1-8-4(11)2-9-5(7)12/h1-2H2,(H2,6,10)(H,8,11)(H3,7,9,12). The molecule has 0 aliphatic carbocycles. The fraction of sp³-hybridized carbons (Fsp3) is 0.400. The molecule has 0 spiro atoms. The Morgan fingerprint density at radius 1 is 1.00 bits per heavy atom. The summed E-state index contributed by atoms with van der Waals surface area (Å²) in [5, 5.41) is 4.20. The third-order valence-corrected chi connectivity index (χ3v) is 0.883. The number of primary amides is 2. The Bertz CT molecular complexity index is 183. The molecule has 0 atom stereocenters. The van der Waals surface area contributed by atoms with Crippen LogP contribution in [0.15, 0.2) is 0 Å². The van der Waals surface area contributed by atoms with E-state index in [9.17, 15) is 14.4 Å². The zero-order valence-corrected chi connectivity index (χ0v) is 6.29. The molecule has 0 heterocycles. The third kappa shape index (κ3) is 6.33. The van der Waals surface area contributed by atoms with Crippen molar-refractivity contribution in [2.75, 3.05) is 13.1 Å². The summed E-state index contributed by atoms with van der Waals surface area (Å²) in [4.78, 5) is 30.9. The molecule has 68 valence electrons. The summed E-state index contributed by atoms with van der Waals surface area (Å²) in [5.74, 6) is -1.17. The number of hydrogen-bond donors (Lipinski definition) is 4. The lowest BCUT2D eigenvalue weighted by atomic mass is 10.5. The van der Waals surface area contributed by atoms with E-state index in [0.29, 0.717) is 0 Å². The van der Waals surface area contributed by atoms with E-state index in [-0.39, 0.29) is 13.1 Å². The summed E-state index contributed by atoms with van der Waals surface area (Å²) in [6.45, 7) is -0.512. The highest BCUT2D eigenvalue weighted by atomic mass is 16.2. The highest BCUT2D eigenvalue weighted by Crippen LogP contribution is 1.63. The van der Waals surface area contributed by atoms with E-state index in [1.54, 1.807) is 0 Å². The molecule has 0 radical (unpaired) electrons. The van der Waals surface area contributed by atoms with Crippen molar-refractivity contribution in [1.29, 1.82) is 0 Å². The van der Waals surface area contributed by atoms with Crippen LogP contribution in [-0.4, -0.2) is 30.9 Å². The van der Waals surface area contributed by atoms with Gasteiger partial charge in [0.05, 0.1) is 13.1 Å². The summed E-state index contributed by atoms with van der Waals surface area (Å²) in [6.07, 6.45) is 0. The number of urea groups is 1. The van der Waals surface area contributed by atoms with Crippen LogP contribution in [0.1, 0.15) is 0 Å². The van der Waals surface area contributed by atoms with Crippen LogP contribution in [0.2, 0.25) is 0 Å². The van der Waals surface area contributed by atoms with Gasteiger partial charge >= 0.3 is 6.03 Å². The molecule has 12 heavy (non-hydrogen) atoms. The average Bonchev–Trinajstić information content (AvgIpc) is 1.96. The fourth-order valence-electron chi connectivity index (χ4n) is 0.416. The lowest BCUT2D eigenvalue weighted by Crippen LogP contribution is -2.42. The van der Waals surface area contributed by atoms with E-state index < -0.39 is 17.8 Å². The normalized spacial score (nSPS) is 8.67. The van der Waals surface area contributed by atoms with Crippen molar-refractivity contribution < 1.29 is 14.4 Å². The van der Waals surface area contributed by atoms with Crippen LogP contribution in [0.3, 0.4) is 0 Å². The number of amides is 4. The minimum Gasteiger partial charge on any atom is -0.368 e. The van der Waals surface area contributed by atoms with Crippen LogP contribution in [-0.2, 0) is 9.59 Å². The van der Waals surface area contributed by atoms with Crippen LogP contribution in [0.25, 0.3) is 0 Å². The summed E-state index contributed by atoms with van der Waals surface area (Å²) >= 11 is 0. The molecule has 0 aromatic heterocycles. The highest BCUT2D eigenvalue weighted by molar-refractivity contribution is 5.86. The van der Waals surface area contributed by atoms with E-state index in [1.165, 1.54) is 0 Å². The molecule has 7 heteroatoms. The summed E-state index contributed by atoms with van der Waals surface area (Å²) in [6, 6.07) is -0.802. The van der Waals surface area contributed by atoms with E-state index in [0.717, 1.165) is 0 Å². The molecule has 4 amide bonds. The molecule has 0 rings (SSSR count). The molecule has 7 nitrogen and oxygen atoms in total. The topological polar surface area (TPSA) is 127 Å². The van der Waals surface area contributed by atoms with Crippen molar-refractivity contribution >= 4 is 17.8 Å². The molecule has 0 aliphatic rings. The van der Waals surface area contributed by atoms with E-state index >= 15 is 0 Å². The largest absolute Gasteiger partial charge is 0.368 e. The van der Waals surface area contributed by atoms with E-state index in [2.05, 4.69) is 11.1 Å². The van der Waals surface area contributed by atoms with Gasteiger partial charge in [0.15, 0.2) is 0 Å². The molecule has 0 fully saturated rings. The van der Waals surface area contributed by atoms with E-state index in [4.69, 9.17) is 5.73 Å². The van der Waals surface area contributed by atoms with Gasteiger partial charge in [-0.2, -0.15) is 0 Å². The summed E-state index contributed by atoms with van der Waals surface area (Å²) < 4.78 is 0. The monoisotopic (exact) mass is 174 g/mol. The van der Waals surface area contributed by atoms with Gasteiger partial charge in [-0.15, -0.1) is 0 Å². The Balaban J connectivity index is 3.47. The Morgan fingerprint density at radius 3 is 2.00 bits per heavy atom. The molecule has 0 bridgehead atoms. The van der Waals surface area contributed by atoms with Gasteiger partial charge in [-0.3, -0.25) is 9.59 Å². The van der Waals surface area contributed by atoms with Crippen molar-refractivity contribution in [3.05, 3.63) is 0 Å². The quantitative estimate of drug-likeness (QED) is 0.369. The second-order valence-electron chi connectivity index (χ2n) is 1.96. The maximum absolute atomic E-state index is 10.7. The molecule has 6 N–H and O–H groups in total. The van der Waals surface area contributed by atoms with Gasteiger partial charge in [0.2, 0.25) is 11.8 Å². The molecule has 0 aromatic rings. The molecular weight excluding hydrogens is 164 g/mol. The van der Waals surface area contributed by atoms with Gasteiger partial charge in [-0.1, -0.05) is 0 Å². The molecule has 0 unspecified atom stereocenters. The SMILES string of the molecule is NC(=O)CNC(=O)CNC(N)=O. The van der Waals surface area contributed by atoms with Gasteiger partial charge < -0.3 is 22.1 Å². The number of rotatable bonds is 4. The number of nitrogens with two attached hydrogens (primary N) is 2. The highest BCUT2D eigenvalue weighted by Gasteiger charge is 2.02. The van der Waals surface area contributed by atoms with Gasteiger partial charge in [0, 0.05) is 0 Å². The van der Waals surface area contributed by atoms with Crippen LogP contribution in [0.5, 0.6) is 0 Å². The Kier molecular flexibility index (Phi) is 4.20.